The van der Waals surface area contributed by atoms with Crippen molar-refractivity contribution in [3.05, 3.63) is 11.9 Å². The van der Waals surface area contributed by atoms with Gasteiger partial charge in [0.2, 0.25) is 0 Å². The third kappa shape index (κ3) is 2.27. The minimum atomic E-state index is -0.574. The second-order valence-corrected chi connectivity index (χ2v) is 1.36. The van der Waals surface area contributed by atoms with E-state index >= 15 is 0 Å². The van der Waals surface area contributed by atoms with E-state index in [0.717, 1.165) is 0 Å². The number of nitrogens with two attached hydrogens (primary N) is 1. The Hall–Kier alpha value is -1.36. The SMILES string of the molecule is C=N/C=C(\NN)C(=O)OC. The largest absolute Gasteiger partial charge is 0.464 e. The number of rotatable bonds is 3. The fraction of sp³-hybridized carbons (Fsp3) is 0.200. The lowest BCUT2D eigenvalue weighted by atomic mass is 10.5. The quantitative estimate of drug-likeness (QED) is 0.178. The molecule has 0 atom stereocenters. The number of esters is 1. The molecule has 0 radical (unpaired) electrons. The van der Waals surface area contributed by atoms with Crippen molar-refractivity contribution in [3.63, 3.8) is 0 Å². The second kappa shape index (κ2) is 4.51. The highest BCUT2D eigenvalue weighted by Gasteiger charge is 2.05. The van der Waals surface area contributed by atoms with E-state index in [-0.39, 0.29) is 5.70 Å². The number of hydrogen-bond acceptors (Lipinski definition) is 5. The molecule has 3 N–H and O–H groups in total. The molecule has 0 amide bonds. The molecule has 56 valence electrons. The summed E-state index contributed by atoms with van der Waals surface area (Å²) >= 11 is 0. The average molecular weight is 143 g/mol. The van der Waals surface area contributed by atoms with E-state index in [2.05, 4.69) is 21.9 Å². The van der Waals surface area contributed by atoms with Crippen molar-refractivity contribution in [2.75, 3.05) is 7.11 Å². The lowest BCUT2D eigenvalue weighted by molar-refractivity contribution is -0.136. The molecule has 0 aromatic carbocycles. The Kier molecular flexibility index (Phi) is 3.90. The van der Waals surface area contributed by atoms with Crippen molar-refractivity contribution in [3.8, 4) is 0 Å². The molecule has 0 saturated carbocycles. The average Bonchev–Trinajstić information content (AvgIpc) is 1.99. The van der Waals surface area contributed by atoms with E-state index in [1.54, 1.807) is 0 Å². The van der Waals surface area contributed by atoms with Crippen LogP contribution >= 0.6 is 0 Å². The zero-order chi connectivity index (χ0) is 7.98. The number of carbonyl (C=O) groups is 1. The van der Waals surface area contributed by atoms with Crippen LogP contribution in [-0.4, -0.2) is 19.8 Å². The number of methoxy groups -OCH3 is 1. The van der Waals surface area contributed by atoms with Crippen LogP contribution in [-0.2, 0) is 9.53 Å². The number of nitrogens with one attached hydrogen (secondary N) is 1. The van der Waals surface area contributed by atoms with Gasteiger partial charge < -0.3 is 10.2 Å². The summed E-state index contributed by atoms with van der Waals surface area (Å²) in [6.07, 6.45) is 1.17. The highest BCUT2D eigenvalue weighted by atomic mass is 16.5. The highest BCUT2D eigenvalue weighted by molar-refractivity contribution is 5.87. The zero-order valence-electron chi connectivity index (χ0n) is 5.63. The molecule has 0 fully saturated rings. The molecule has 10 heavy (non-hydrogen) atoms. The van der Waals surface area contributed by atoms with Crippen LogP contribution in [0.15, 0.2) is 16.9 Å². The summed E-state index contributed by atoms with van der Waals surface area (Å²) < 4.78 is 4.32. The number of carbonyl (C=O) groups excluding carboxylic acids is 1. The number of hydrogen-bond donors (Lipinski definition) is 2. The Balaban J connectivity index is 4.19. The van der Waals surface area contributed by atoms with Crippen LogP contribution in [0.25, 0.3) is 0 Å². The van der Waals surface area contributed by atoms with Crippen molar-refractivity contribution >= 4 is 12.7 Å². The zero-order valence-corrected chi connectivity index (χ0v) is 5.63. The van der Waals surface area contributed by atoms with Gasteiger partial charge in [-0.3, -0.25) is 10.8 Å². The lowest BCUT2D eigenvalue weighted by Crippen LogP contribution is -2.27. The van der Waals surface area contributed by atoms with Crippen molar-refractivity contribution < 1.29 is 9.53 Å². The molecule has 0 aromatic rings. The predicted molar refractivity (Wildman–Crippen MR) is 37.0 cm³/mol. The van der Waals surface area contributed by atoms with Gasteiger partial charge in [0.15, 0.2) is 5.70 Å². The molecule has 0 unspecified atom stereocenters. The Bertz CT molecular complexity index is 164. The molecular formula is C5H9N3O2. The molecule has 0 aliphatic heterocycles. The first-order valence-electron chi connectivity index (χ1n) is 2.47. The molecule has 0 spiro atoms. The van der Waals surface area contributed by atoms with Crippen molar-refractivity contribution in [1.82, 2.24) is 5.43 Å². The van der Waals surface area contributed by atoms with Crippen LogP contribution < -0.4 is 11.3 Å². The maximum Gasteiger partial charge on any atom is 0.357 e. The first-order chi connectivity index (χ1) is 4.76. The number of aliphatic imine (C=N–C) groups is 1. The summed E-state index contributed by atoms with van der Waals surface area (Å²) in [6, 6.07) is 0. The van der Waals surface area contributed by atoms with Gasteiger partial charge in [0.25, 0.3) is 0 Å². The van der Waals surface area contributed by atoms with Gasteiger partial charge in [-0.25, -0.2) is 4.79 Å². The molecule has 0 aliphatic carbocycles. The molecule has 0 bridgehead atoms. The minimum Gasteiger partial charge on any atom is -0.464 e. The van der Waals surface area contributed by atoms with Gasteiger partial charge in [0.05, 0.1) is 13.3 Å². The fourth-order valence-corrected chi connectivity index (χ4v) is 0.350. The van der Waals surface area contributed by atoms with Gasteiger partial charge >= 0.3 is 5.97 Å². The van der Waals surface area contributed by atoms with Crippen LogP contribution in [0.3, 0.4) is 0 Å². The van der Waals surface area contributed by atoms with Gasteiger partial charge in [-0.2, -0.15) is 0 Å². The minimum absolute atomic E-state index is 0.0671. The number of hydrazine groups is 1. The standard InChI is InChI=1S/C5H9N3O2/c1-7-3-4(8-6)5(9)10-2/h3,8H,1,6H2,2H3/b4-3-. The predicted octanol–water partition coefficient (Wildman–Crippen LogP) is -0.835. The Morgan fingerprint density at radius 1 is 1.90 bits per heavy atom. The molecule has 0 heterocycles. The maximum atomic E-state index is 10.6. The monoisotopic (exact) mass is 143 g/mol. The molecule has 0 rings (SSSR count). The molecular weight excluding hydrogens is 134 g/mol. The third-order valence-electron chi connectivity index (χ3n) is 0.781. The smallest absolute Gasteiger partial charge is 0.357 e. The number of ether oxygens (including phenoxy) is 1. The van der Waals surface area contributed by atoms with E-state index in [9.17, 15) is 4.79 Å². The van der Waals surface area contributed by atoms with Crippen molar-refractivity contribution in [2.24, 2.45) is 10.8 Å². The van der Waals surface area contributed by atoms with E-state index < -0.39 is 5.97 Å². The molecule has 0 aliphatic rings. The van der Waals surface area contributed by atoms with Gasteiger partial charge in [0.1, 0.15) is 0 Å². The van der Waals surface area contributed by atoms with Crippen LogP contribution in [0, 0.1) is 0 Å². The summed E-state index contributed by atoms with van der Waals surface area (Å²) in [4.78, 5) is 13.9. The first-order valence-corrected chi connectivity index (χ1v) is 2.47. The van der Waals surface area contributed by atoms with Gasteiger partial charge in [0, 0.05) is 0 Å². The van der Waals surface area contributed by atoms with Crippen molar-refractivity contribution in [2.45, 2.75) is 0 Å². The number of nitrogens with zero attached hydrogens (tertiary/aromatic N) is 1. The van der Waals surface area contributed by atoms with Crippen LogP contribution in [0.5, 0.6) is 0 Å². The van der Waals surface area contributed by atoms with Crippen molar-refractivity contribution in [1.29, 1.82) is 0 Å². The summed E-state index contributed by atoms with van der Waals surface area (Å²) in [7, 11) is 1.25. The molecule has 0 aromatic heterocycles. The van der Waals surface area contributed by atoms with Crippen LogP contribution in [0.1, 0.15) is 0 Å². The van der Waals surface area contributed by atoms with E-state index in [0.29, 0.717) is 0 Å². The first kappa shape index (κ1) is 8.64. The lowest BCUT2D eigenvalue weighted by Gasteiger charge is -2.00. The van der Waals surface area contributed by atoms with Gasteiger partial charge in [-0.15, -0.1) is 0 Å². The van der Waals surface area contributed by atoms with Gasteiger partial charge in [-0.05, 0) is 6.72 Å². The molecule has 5 nitrogen and oxygen atoms in total. The highest BCUT2D eigenvalue weighted by Crippen LogP contribution is 1.89. The summed E-state index contributed by atoms with van der Waals surface area (Å²) in [5, 5.41) is 0. The van der Waals surface area contributed by atoms with E-state index in [1.807, 2.05) is 0 Å². The Labute approximate surface area is 58.5 Å². The molecule has 5 heteroatoms. The Morgan fingerprint density at radius 2 is 2.50 bits per heavy atom. The van der Waals surface area contributed by atoms with Crippen LogP contribution in [0.4, 0.5) is 0 Å². The normalized spacial score (nSPS) is 10.4. The summed E-state index contributed by atoms with van der Waals surface area (Å²) in [6.45, 7) is 3.14. The molecule has 0 saturated heterocycles. The van der Waals surface area contributed by atoms with E-state index in [1.165, 1.54) is 13.3 Å². The topological polar surface area (TPSA) is 76.7 Å². The third-order valence-corrected chi connectivity index (χ3v) is 0.781. The van der Waals surface area contributed by atoms with Gasteiger partial charge in [-0.1, -0.05) is 0 Å². The second-order valence-electron chi connectivity index (χ2n) is 1.36. The van der Waals surface area contributed by atoms with Crippen LogP contribution in [0.2, 0.25) is 0 Å². The summed E-state index contributed by atoms with van der Waals surface area (Å²) in [5.41, 5.74) is 2.17. The Morgan fingerprint density at radius 3 is 2.80 bits per heavy atom. The maximum absolute atomic E-state index is 10.6. The fourth-order valence-electron chi connectivity index (χ4n) is 0.350. The summed E-state index contributed by atoms with van der Waals surface area (Å²) in [5.74, 6) is 4.35. The van der Waals surface area contributed by atoms with E-state index in [4.69, 9.17) is 5.84 Å².